The van der Waals surface area contributed by atoms with E-state index < -0.39 is 0 Å². The third-order valence-electron chi connectivity index (χ3n) is 11.3. The Kier molecular flexibility index (Phi) is 8.68. The van der Waals surface area contributed by atoms with Gasteiger partial charge in [0.2, 0.25) is 0 Å². The highest BCUT2D eigenvalue weighted by Crippen LogP contribution is 2.40. The molecule has 8 aromatic carbocycles. The average molecular weight is 747 g/mol. The van der Waals surface area contributed by atoms with Crippen molar-refractivity contribution in [3.63, 3.8) is 0 Å². The molecule has 2 heterocycles. The summed E-state index contributed by atoms with van der Waals surface area (Å²) in [5.74, 6) is 1.61. The molecular formula is C54H42N4. The van der Waals surface area contributed by atoms with Crippen molar-refractivity contribution in [3.8, 4) is 67.5 Å². The van der Waals surface area contributed by atoms with Crippen LogP contribution in [-0.4, -0.2) is 19.3 Å². The van der Waals surface area contributed by atoms with E-state index in [0.29, 0.717) is 0 Å². The summed E-state index contributed by atoms with van der Waals surface area (Å²) in [5.41, 5.74) is 15.1. The molecule has 0 saturated heterocycles. The van der Waals surface area contributed by atoms with Crippen LogP contribution in [0.5, 0.6) is 0 Å². The summed E-state index contributed by atoms with van der Waals surface area (Å²) in [6, 6.07) is 71.5. The van der Waals surface area contributed by atoms with Gasteiger partial charge in [0.15, 0.2) is 11.6 Å². The van der Waals surface area contributed by atoms with E-state index in [4.69, 9.17) is 5.10 Å². The van der Waals surface area contributed by atoms with Crippen molar-refractivity contribution in [2.24, 2.45) is 0 Å². The van der Waals surface area contributed by atoms with Crippen molar-refractivity contribution in [2.45, 2.75) is 26.2 Å². The van der Waals surface area contributed by atoms with Crippen LogP contribution in [-0.2, 0) is 5.41 Å². The third kappa shape index (κ3) is 6.20. The molecule has 0 N–H and O–H groups in total. The highest BCUT2D eigenvalue weighted by atomic mass is 15.3. The molecule has 0 saturated carbocycles. The van der Waals surface area contributed by atoms with E-state index in [-0.39, 0.29) is 5.41 Å². The summed E-state index contributed by atoms with van der Waals surface area (Å²) in [4.78, 5) is 0. The normalized spacial score (nSPS) is 11.7. The molecule has 0 aliphatic carbocycles. The first-order valence-corrected chi connectivity index (χ1v) is 19.9. The largest absolute Gasteiger partial charge is 0.309 e. The third-order valence-corrected chi connectivity index (χ3v) is 11.3. The van der Waals surface area contributed by atoms with Gasteiger partial charge in [-0.15, -0.1) is 10.2 Å². The summed E-state index contributed by atoms with van der Waals surface area (Å²) >= 11 is 0. The molecule has 10 aromatic rings. The van der Waals surface area contributed by atoms with Crippen molar-refractivity contribution in [1.29, 1.82) is 0 Å². The van der Waals surface area contributed by atoms with Gasteiger partial charge >= 0.3 is 0 Å². The number of benzene rings is 8. The van der Waals surface area contributed by atoms with Gasteiger partial charge in [-0.3, -0.25) is 4.57 Å². The number of hydrogen-bond acceptors (Lipinski definition) is 2. The van der Waals surface area contributed by atoms with Crippen LogP contribution in [0.25, 0.3) is 89.3 Å². The Morgan fingerprint density at radius 3 is 1.40 bits per heavy atom. The van der Waals surface area contributed by atoms with Crippen LogP contribution in [0.4, 0.5) is 0 Å². The van der Waals surface area contributed by atoms with E-state index in [0.717, 1.165) is 39.7 Å². The van der Waals surface area contributed by atoms with Gasteiger partial charge in [-0.1, -0.05) is 178 Å². The number of para-hydroxylation sites is 2. The van der Waals surface area contributed by atoms with E-state index in [1.54, 1.807) is 0 Å². The van der Waals surface area contributed by atoms with Gasteiger partial charge in [-0.25, -0.2) is 0 Å². The number of fused-ring (bicyclic) bond motifs is 3. The molecule has 0 fully saturated rings. The Bertz CT molecular complexity index is 3060. The maximum absolute atomic E-state index is 4.73. The van der Waals surface area contributed by atoms with E-state index >= 15 is 0 Å². The van der Waals surface area contributed by atoms with Gasteiger partial charge in [-0.05, 0) is 86.8 Å². The smallest absolute Gasteiger partial charge is 0.168 e. The lowest BCUT2D eigenvalue weighted by atomic mass is 9.86. The lowest BCUT2D eigenvalue weighted by molar-refractivity contribution is 0.591. The molecule has 0 aliphatic rings. The average Bonchev–Trinajstić information content (AvgIpc) is 3.87. The van der Waals surface area contributed by atoms with Crippen molar-refractivity contribution < 1.29 is 0 Å². The van der Waals surface area contributed by atoms with Gasteiger partial charge in [0.25, 0.3) is 0 Å². The first-order valence-electron chi connectivity index (χ1n) is 19.9. The Morgan fingerprint density at radius 1 is 0.345 bits per heavy atom. The molecule has 58 heavy (non-hydrogen) atoms. The molecule has 10 rings (SSSR count). The van der Waals surface area contributed by atoms with Crippen molar-refractivity contribution >= 4 is 21.8 Å². The fourth-order valence-electron chi connectivity index (χ4n) is 8.31. The molecule has 4 nitrogen and oxygen atoms in total. The highest BCUT2D eigenvalue weighted by Gasteiger charge is 2.20. The molecule has 2 aromatic heterocycles. The van der Waals surface area contributed by atoms with Crippen LogP contribution in [0, 0.1) is 0 Å². The Labute approximate surface area is 339 Å². The number of aromatic nitrogens is 4. The molecule has 0 atom stereocenters. The lowest BCUT2D eigenvalue weighted by Gasteiger charge is -2.19. The minimum atomic E-state index is 0.0758. The second-order valence-corrected chi connectivity index (χ2v) is 15.9. The molecule has 0 spiro atoms. The minimum absolute atomic E-state index is 0.0758. The predicted molar refractivity (Wildman–Crippen MR) is 242 cm³/mol. The van der Waals surface area contributed by atoms with Gasteiger partial charge in [0.1, 0.15) is 0 Å². The van der Waals surface area contributed by atoms with E-state index in [9.17, 15) is 0 Å². The van der Waals surface area contributed by atoms with Gasteiger partial charge in [0, 0.05) is 33.3 Å². The Balaban J connectivity index is 1.01. The summed E-state index contributed by atoms with van der Waals surface area (Å²) in [6.07, 6.45) is 0. The highest BCUT2D eigenvalue weighted by molar-refractivity contribution is 6.09. The summed E-state index contributed by atoms with van der Waals surface area (Å²) in [5, 5.41) is 12.0. The summed E-state index contributed by atoms with van der Waals surface area (Å²) in [6.45, 7) is 6.84. The number of hydrogen-bond donors (Lipinski definition) is 0. The SMILES string of the molecule is CC(C)(C)c1ccc2c(c1)c1ccccc1n2-c1ccc(-c2ccccc2-c2ccccc2-c2ccc(-c3nnc(-c4ccccc4)n3-c3ccccc3)cc2)cc1. The number of rotatable bonds is 7. The minimum Gasteiger partial charge on any atom is -0.309 e. The zero-order valence-electron chi connectivity index (χ0n) is 32.8. The van der Waals surface area contributed by atoms with Crippen LogP contribution in [0.15, 0.2) is 200 Å². The molecule has 0 bridgehead atoms. The van der Waals surface area contributed by atoms with E-state index in [1.165, 1.54) is 55.2 Å². The quantitative estimate of drug-likeness (QED) is 0.163. The first kappa shape index (κ1) is 35.1. The van der Waals surface area contributed by atoms with Gasteiger partial charge in [-0.2, -0.15) is 0 Å². The first-order chi connectivity index (χ1) is 28.4. The summed E-state index contributed by atoms with van der Waals surface area (Å²) < 4.78 is 4.54. The Hall–Kier alpha value is -7.30. The zero-order valence-corrected chi connectivity index (χ0v) is 32.8. The van der Waals surface area contributed by atoms with Crippen LogP contribution in [0.2, 0.25) is 0 Å². The van der Waals surface area contributed by atoms with Crippen LogP contribution < -0.4 is 0 Å². The van der Waals surface area contributed by atoms with Crippen LogP contribution in [0.1, 0.15) is 26.3 Å². The second kappa shape index (κ2) is 14.3. The van der Waals surface area contributed by atoms with Gasteiger partial charge in [0.05, 0.1) is 11.0 Å². The van der Waals surface area contributed by atoms with E-state index in [2.05, 4.69) is 199 Å². The maximum atomic E-state index is 4.73. The maximum Gasteiger partial charge on any atom is 0.168 e. The standard InChI is InChI=1S/C54H42N4/c1-54(2,3)41-32-35-51-49(36-41)48-24-14-15-25-50(48)57(51)43-33-30-38(31-34-43)45-21-11-13-23-47(45)46-22-12-10-20-44(46)37-26-28-40(29-27-37)53-56-55-52(39-16-6-4-7-17-39)58(53)42-18-8-5-9-19-42/h4-36H,1-3H3. The lowest BCUT2D eigenvalue weighted by Crippen LogP contribution is -2.10. The predicted octanol–water partition coefficient (Wildman–Crippen LogP) is 14.0. The molecule has 0 radical (unpaired) electrons. The molecule has 0 unspecified atom stereocenters. The fraction of sp³-hybridized carbons (Fsp3) is 0.0741. The summed E-state index contributed by atoms with van der Waals surface area (Å²) in [7, 11) is 0. The van der Waals surface area contributed by atoms with Crippen molar-refractivity contribution in [1.82, 2.24) is 19.3 Å². The van der Waals surface area contributed by atoms with Gasteiger partial charge < -0.3 is 4.57 Å². The fourth-order valence-corrected chi connectivity index (χ4v) is 8.31. The second-order valence-electron chi connectivity index (χ2n) is 15.9. The van der Waals surface area contributed by atoms with Crippen LogP contribution >= 0.6 is 0 Å². The topological polar surface area (TPSA) is 35.6 Å². The molecule has 278 valence electrons. The molecular weight excluding hydrogens is 705 g/mol. The van der Waals surface area contributed by atoms with Crippen molar-refractivity contribution in [3.05, 3.63) is 206 Å². The number of nitrogens with zero attached hydrogens (tertiary/aromatic N) is 4. The van der Waals surface area contributed by atoms with E-state index in [1.807, 2.05) is 36.4 Å². The molecule has 0 amide bonds. The molecule has 4 heteroatoms. The van der Waals surface area contributed by atoms with Crippen molar-refractivity contribution in [2.75, 3.05) is 0 Å². The molecule has 0 aliphatic heterocycles. The monoisotopic (exact) mass is 746 g/mol. The zero-order chi connectivity index (χ0) is 39.2. The van der Waals surface area contributed by atoms with Crippen LogP contribution in [0.3, 0.4) is 0 Å². The Morgan fingerprint density at radius 2 is 0.793 bits per heavy atom.